The lowest BCUT2D eigenvalue weighted by molar-refractivity contribution is 0.0254. The van der Waals surface area contributed by atoms with Crippen LogP contribution in [0.4, 0.5) is 5.69 Å². The van der Waals surface area contributed by atoms with Gasteiger partial charge in [-0.3, -0.25) is 9.69 Å². The summed E-state index contributed by atoms with van der Waals surface area (Å²) in [6.45, 7) is 0.395. The molecular formula is C25H25NO6. The van der Waals surface area contributed by atoms with Crippen LogP contribution in [0.15, 0.2) is 60.7 Å². The van der Waals surface area contributed by atoms with E-state index in [1.54, 1.807) is 24.1 Å². The maximum absolute atomic E-state index is 13.9. The Bertz CT molecular complexity index is 1090. The Labute approximate surface area is 187 Å². The van der Waals surface area contributed by atoms with Crippen molar-refractivity contribution in [2.45, 2.75) is 12.8 Å². The van der Waals surface area contributed by atoms with Crippen LogP contribution in [0.25, 0.3) is 0 Å². The van der Waals surface area contributed by atoms with Crippen LogP contribution in [0.2, 0.25) is 0 Å². The highest BCUT2D eigenvalue weighted by Gasteiger charge is 2.34. The van der Waals surface area contributed by atoms with E-state index in [9.17, 15) is 4.79 Å². The molecule has 4 rings (SSSR count). The Morgan fingerprint density at radius 2 is 1.53 bits per heavy atom. The molecule has 0 spiro atoms. The fraction of sp³-hybridized carbons (Fsp3) is 0.240. The average molecular weight is 435 g/mol. The first-order valence-corrected chi connectivity index (χ1v) is 10.1. The summed E-state index contributed by atoms with van der Waals surface area (Å²) in [5.41, 5.74) is 2.94. The van der Waals surface area contributed by atoms with Crippen LogP contribution in [-0.2, 0) is 11.3 Å². The maximum atomic E-state index is 13.9. The highest BCUT2D eigenvalue weighted by atomic mass is 16.5. The maximum Gasteiger partial charge on any atom is 0.260 e. The van der Waals surface area contributed by atoms with E-state index in [-0.39, 0.29) is 5.91 Å². The van der Waals surface area contributed by atoms with Gasteiger partial charge in [-0.05, 0) is 30.3 Å². The van der Waals surface area contributed by atoms with Gasteiger partial charge in [0, 0.05) is 16.7 Å². The van der Waals surface area contributed by atoms with Crippen LogP contribution in [-0.4, -0.2) is 34.3 Å². The predicted molar refractivity (Wildman–Crippen MR) is 120 cm³/mol. The molecule has 0 radical (unpaired) electrons. The van der Waals surface area contributed by atoms with Crippen molar-refractivity contribution in [1.29, 1.82) is 0 Å². The van der Waals surface area contributed by atoms with Gasteiger partial charge in [-0.1, -0.05) is 30.3 Å². The number of hydrogen-bond donors (Lipinski definition) is 0. The minimum absolute atomic E-state index is 0.253. The molecule has 0 bridgehead atoms. The topological polar surface area (TPSA) is 66.5 Å². The zero-order valence-corrected chi connectivity index (χ0v) is 18.5. The summed E-state index contributed by atoms with van der Waals surface area (Å²) in [6, 6.07) is 18.5. The van der Waals surface area contributed by atoms with E-state index in [0.717, 1.165) is 22.6 Å². The van der Waals surface area contributed by atoms with Crippen molar-refractivity contribution in [1.82, 2.24) is 0 Å². The average Bonchev–Trinajstić information content (AvgIpc) is 2.86. The standard InChI is InChI=1S/C25H25NO6/c1-28-19-11-9-16(10-12-19)25-26(20-8-6-5-7-17(20)15-32-25)24(27)18-13-21(29-2)23(31-4)22(14-18)30-3/h5-14,25H,15H2,1-4H3. The fourth-order valence-electron chi connectivity index (χ4n) is 3.81. The predicted octanol–water partition coefficient (Wildman–Crippen LogP) is 4.60. The fourth-order valence-corrected chi connectivity index (χ4v) is 3.81. The molecule has 1 aliphatic rings. The zero-order chi connectivity index (χ0) is 22.7. The number of para-hydroxylation sites is 1. The van der Waals surface area contributed by atoms with Gasteiger partial charge < -0.3 is 23.7 Å². The Balaban J connectivity index is 1.82. The van der Waals surface area contributed by atoms with Crippen molar-refractivity contribution >= 4 is 11.6 Å². The SMILES string of the molecule is COc1ccc(C2OCc3ccccc3N2C(=O)c2cc(OC)c(OC)c(OC)c2)cc1. The Kier molecular flexibility index (Phi) is 6.18. The number of fused-ring (bicyclic) bond motifs is 1. The third kappa shape index (κ3) is 3.83. The van der Waals surface area contributed by atoms with Crippen LogP contribution in [0.1, 0.15) is 27.7 Å². The van der Waals surface area contributed by atoms with Crippen LogP contribution >= 0.6 is 0 Å². The Morgan fingerprint density at radius 1 is 0.875 bits per heavy atom. The molecule has 166 valence electrons. The number of benzene rings is 3. The summed E-state index contributed by atoms with van der Waals surface area (Å²) in [5.74, 6) is 1.71. The number of anilines is 1. The highest BCUT2D eigenvalue weighted by molar-refractivity contribution is 6.07. The molecule has 3 aromatic rings. The molecule has 1 heterocycles. The zero-order valence-electron chi connectivity index (χ0n) is 18.5. The van der Waals surface area contributed by atoms with E-state index in [4.69, 9.17) is 23.7 Å². The molecule has 1 unspecified atom stereocenters. The van der Waals surface area contributed by atoms with Gasteiger partial charge in [0.25, 0.3) is 5.91 Å². The van der Waals surface area contributed by atoms with Crippen LogP contribution in [0, 0.1) is 0 Å². The first-order valence-electron chi connectivity index (χ1n) is 10.1. The molecule has 0 aliphatic carbocycles. The molecule has 0 aromatic heterocycles. The van der Waals surface area contributed by atoms with Gasteiger partial charge in [0.15, 0.2) is 17.7 Å². The number of nitrogens with zero attached hydrogens (tertiary/aromatic N) is 1. The molecule has 3 aromatic carbocycles. The van der Waals surface area contributed by atoms with Gasteiger partial charge in [-0.2, -0.15) is 0 Å². The number of ether oxygens (including phenoxy) is 5. The van der Waals surface area contributed by atoms with E-state index < -0.39 is 6.23 Å². The number of rotatable bonds is 6. The van der Waals surface area contributed by atoms with Gasteiger partial charge in [0.2, 0.25) is 5.75 Å². The summed E-state index contributed by atoms with van der Waals surface area (Å²) in [6.07, 6.45) is -0.609. The second-order valence-electron chi connectivity index (χ2n) is 7.15. The van der Waals surface area contributed by atoms with E-state index in [1.807, 2.05) is 48.5 Å². The van der Waals surface area contributed by atoms with Gasteiger partial charge in [0.1, 0.15) is 5.75 Å². The van der Waals surface area contributed by atoms with E-state index in [0.29, 0.717) is 29.4 Å². The molecular weight excluding hydrogens is 410 g/mol. The lowest BCUT2D eigenvalue weighted by atomic mass is 10.0. The number of carbonyl (C=O) groups excluding carboxylic acids is 1. The van der Waals surface area contributed by atoms with E-state index in [1.165, 1.54) is 21.3 Å². The number of methoxy groups -OCH3 is 4. The second-order valence-corrected chi connectivity index (χ2v) is 7.15. The van der Waals surface area contributed by atoms with E-state index >= 15 is 0 Å². The second kappa shape index (κ2) is 9.20. The minimum Gasteiger partial charge on any atom is -0.497 e. The van der Waals surface area contributed by atoms with Crippen molar-refractivity contribution < 1.29 is 28.5 Å². The van der Waals surface area contributed by atoms with E-state index in [2.05, 4.69) is 0 Å². The Hall–Kier alpha value is -3.71. The molecule has 0 N–H and O–H groups in total. The summed E-state index contributed by atoms with van der Waals surface area (Å²) in [7, 11) is 6.18. The normalized spacial score (nSPS) is 15.0. The lowest BCUT2D eigenvalue weighted by Crippen LogP contribution is -2.39. The largest absolute Gasteiger partial charge is 0.497 e. The first kappa shape index (κ1) is 21.5. The number of hydrogen-bond acceptors (Lipinski definition) is 6. The molecule has 32 heavy (non-hydrogen) atoms. The minimum atomic E-state index is -0.609. The molecule has 0 fully saturated rings. The van der Waals surface area contributed by atoms with Crippen LogP contribution in [0.5, 0.6) is 23.0 Å². The molecule has 0 saturated carbocycles. The highest BCUT2D eigenvalue weighted by Crippen LogP contribution is 2.42. The van der Waals surface area contributed by atoms with Crippen LogP contribution < -0.4 is 23.8 Å². The van der Waals surface area contributed by atoms with Gasteiger partial charge in [-0.15, -0.1) is 0 Å². The molecule has 0 saturated heterocycles. The third-order valence-corrected chi connectivity index (χ3v) is 5.41. The van der Waals surface area contributed by atoms with Crippen LogP contribution in [0.3, 0.4) is 0 Å². The summed E-state index contributed by atoms with van der Waals surface area (Å²) in [4.78, 5) is 15.5. The first-order chi connectivity index (χ1) is 15.6. The van der Waals surface area contributed by atoms with Crippen molar-refractivity contribution in [3.05, 3.63) is 77.4 Å². The van der Waals surface area contributed by atoms with Gasteiger partial charge in [-0.25, -0.2) is 0 Å². The third-order valence-electron chi connectivity index (χ3n) is 5.41. The molecule has 7 heteroatoms. The smallest absolute Gasteiger partial charge is 0.260 e. The molecule has 1 amide bonds. The number of amides is 1. The molecule has 1 atom stereocenters. The summed E-state index contributed by atoms with van der Waals surface area (Å²) in [5, 5.41) is 0. The molecule has 7 nitrogen and oxygen atoms in total. The van der Waals surface area contributed by atoms with Gasteiger partial charge >= 0.3 is 0 Å². The quantitative estimate of drug-likeness (QED) is 0.564. The summed E-state index contributed by atoms with van der Waals surface area (Å²) >= 11 is 0. The monoisotopic (exact) mass is 435 g/mol. The van der Waals surface area contributed by atoms with Crippen molar-refractivity contribution in [2.24, 2.45) is 0 Å². The molecule has 1 aliphatic heterocycles. The summed E-state index contributed by atoms with van der Waals surface area (Å²) < 4.78 is 27.7. The number of carbonyl (C=O) groups is 1. The Morgan fingerprint density at radius 3 is 2.12 bits per heavy atom. The van der Waals surface area contributed by atoms with Crippen molar-refractivity contribution in [3.8, 4) is 23.0 Å². The lowest BCUT2D eigenvalue weighted by Gasteiger charge is -2.37. The van der Waals surface area contributed by atoms with Crippen molar-refractivity contribution in [2.75, 3.05) is 33.3 Å². The van der Waals surface area contributed by atoms with Crippen molar-refractivity contribution in [3.63, 3.8) is 0 Å². The van der Waals surface area contributed by atoms with Gasteiger partial charge in [0.05, 0.1) is 40.7 Å².